The Morgan fingerprint density at radius 3 is 2.39 bits per heavy atom. The van der Waals surface area contributed by atoms with Crippen molar-refractivity contribution >= 4 is 11.7 Å². The normalized spacial score (nSPS) is 11.6. The fraction of sp³-hybridized carbons (Fsp3) is 0.263. The zero-order chi connectivity index (χ0) is 16.7. The first-order valence-corrected chi connectivity index (χ1v) is 7.59. The van der Waals surface area contributed by atoms with Crippen molar-refractivity contribution in [3.63, 3.8) is 0 Å². The molecule has 2 rings (SSSR count). The van der Waals surface area contributed by atoms with E-state index < -0.39 is 0 Å². The fourth-order valence-electron chi connectivity index (χ4n) is 2.42. The number of hydrogen-bond acceptors (Lipinski definition) is 3. The van der Waals surface area contributed by atoms with Gasteiger partial charge < -0.3 is 10.1 Å². The van der Waals surface area contributed by atoms with E-state index in [-0.39, 0.29) is 30.6 Å². The molecule has 0 saturated carbocycles. The number of nitrogens with one attached hydrogen (secondary N) is 1. The van der Waals surface area contributed by atoms with Crippen molar-refractivity contribution in [2.45, 2.75) is 25.8 Å². The van der Waals surface area contributed by atoms with Crippen molar-refractivity contribution in [3.05, 3.63) is 65.7 Å². The summed E-state index contributed by atoms with van der Waals surface area (Å²) < 4.78 is 5.24. The molecule has 0 radical (unpaired) electrons. The first-order chi connectivity index (χ1) is 11.1. The van der Waals surface area contributed by atoms with Gasteiger partial charge in [0.1, 0.15) is 5.75 Å². The Bertz CT molecular complexity index is 667. The SMILES string of the molecule is COc1ccccc1CC(=O)NC(C)CC(=O)c1ccccc1. The number of methoxy groups -OCH3 is 1. The summed E-state index contributed by atoms with van der Waals surface area (Å²) in [5.74, 6) is 0.592. The summed E-state index contributed by atoms with van der Waals surface area (Å²) in [5, 5.41) is 2.87. The lowest BCUT2D eigenvalue weighted by Gasteiger charge is -2.14. The van der Waals surface area contributed by atoms with E-state index in [1.165, 1.54) is 0 Å². The van der Waals surface area contributed by atoms with Gasteiger partial charge in [-0.15, -0.1) is 0 Å². The molecule has 4 nitrogen and oxygen atoms in total. The molecule has 1 amide bonds. The van der Waals surface area contributed by atoms with Gasteiger partial charge in [-0.3, -0.25) is 9.59 Å². The van der Waals surface area contributed by atoms with Crippen LogP contribution in [0.1, 0.15) is 29.3 Å². The maximum atomic E-state index is 12.1. The van der Waals surface area contributed by atoms with Crippen LogP contribution in [0, 0.1) is 0 Å². The quantitative estimate of drug-likeness (QED) is 0.800. The smallest absolute Gasteiger partial charge is 0.224 e. The largest absolute Gasteiger partial charge is 0.496 e. The van der Waals surface area contributed by atoms with Crippen LogP contribution in [-0.4, -0.2) is 24.8 Å². The van der Waals surface area contributed by atoms with Crippen molar-refractivity contribution in [2.75, 3.05) is 7.11 Å². The summed E-state index contributed by atoms with van der Waals surface area (Å²) in [6, 6.07) is 16.3. The summed E-state index contributed by atoms with van der Waals surface area (Å²) in [4.78, 5) is 24.3. The average molecular weight is 311 g/mol. The van der Waals surface area contributed by atoms with Gasteiger partial charge in [0, 0.05) is 23.6 Å². The van der Waals surface area contributed by atoms with Crippen LogP contribution >= 0.6 is 0 Å². The molecule has 1 atom stereocenters. The van der Waals surface area contributed by atoms with Crippen molar-refractivity contribution in [1.82, 2.24) is 5.32 Å². The van der Waals surface area contributed by atoms with Gasteiger partial charge in [-0.1, -0.05) is 48.5 Å². The van der Waals surface area contributed by atoms with Crippen LogP contribution in [0.25, 0.3) is 0 Å². The Morgan fingerprint density at radius 2 is 1.70 bits per heavy atom. The first-order valence-electron chi connectivity index (χ1n) is 7.59. The number of carbonyl (C=O) groups is 2. The Hall–Kier alpha value is -2.62. The van der Waals surface area contributed by atoms with E-state index in [1.807, 2.05) is 49.4 Å². The molecular formula is C19H21NO3. The van der Waals surface area contributed by atoms with Crippen LogP contribution in [-0.2, 0) is 11.2 Å². The highest BCUT2D eigenvalue weighted by molar-refractivity contribution is 5.96. The molecule has 0 aliphatic heterocycles. The molecule has 2 aromatic carbocycles. The third-order valence-electron chi connectivity index (χ3n) is 3.54. The molecule has 0 aromatic heterocycles. The van der Waals surface area contributed by atoms with E-state index in [9.17, 15) is 9.59 Å². The van der Waals surface area contributed by atoms with E-state index in [4.69, 9.17) is 4.74 Å². The Labute approximate surface area is 136 Å². The van der Waals surface area contributed by atoms with Crippen LogP contribution in [0.5, 0.6) is 5.75 Å². The predicted octanol–water partition coefficient (Wildman–Crippen LogP) is 3.02. The number of para-hydroxylation sites is 1. The van der Waals surface area contributed by atoms with Crippen molar-refractivity contribution < 1.29 is 14.3 Å². The minimum Gasteiger partial charge on any atom is -0.496 e. The molecule has 0 heterocycles. The number of rotatable bonds is 7. The molecule has 1 N–H and O–H groups in total. The van der Waals surface area contributed by atoms with Crippen LogP contribution in [0.3, 0.4) is 0 Å². The third kappa shape index (κ3) is 4.95. The van der Waals surface area contributed by atoms with Gasteiger partial charge in [-0.25, -0.2) is 0 Å². The topological polar surface area (TPSA) is 55.4 Å². The monoisotopic (exact) mass is 311 g/mol. The van der Waals surface area contributed by atoms with E-state index in [0.29, 0.717) is 11.3 Å². The summed E-state index contributed by atoms with van der Waals surface area (Å²) in [6.07, 6.45) is 0.509. The van der Waals surface area contributed by atoms with Gasteiger partial charge in [0.05, 0.1) is 13.5 Å². The molecule has 0 fully saturated rings. The van der Waals surface area contributed by atoms with E-state index in [0.717, 1.165) is 5.56 Å². The van der Waals surface area contributed by atoms with Crippen LogP contribution in [0.15, 0.2) is 54.6 Å². The molecule has 4 heteroatoms. The highest BCUT2D eigenvalue weighted by Gasteiger charge is 2.14. The van der Waals surface area contributed by atoms with Crippen molar-refractivity contribution in [1.29, 1.82) is 0 Å². The Kier molecular flexibility index (Phi) is 5.92. The minimum atomic E-state index is -0.218. The predicted molar refractivity (Wildman–Crippen MR) is 89.7 cm³/mol. The van der Waals surface area contributed by atoms with Crippen molar-refractivity contribution in [2.24, 2.45) is 0 Å². The van der Waals surface area contributed by atoms with E-state index in [1.54, 1.807) is 19.2 Å². The van der Waals surface area contributed by atoms with Crippen LogP contribution in [0.2, 0.25) is 0 Å². The zero-order valence-corrected chi connectivity index (χ0v) is 13.4. The molecule has 0 aliphatic carbocycles. The molecule has 0 aliphatic rings. The number of ether oxygens (including phenoxy) is 1. The molecule has 0 saturated heterocycles. The van der Waals surface area contributed by atoms with Gasteiger partial charge in [-0.2, -0.15) is 0 Å². The lowest BCUT2D eigenvalue weighted by Crippen LogP contribution is -2.35. The molecule has 1 unspecified atom stereocenters. The number of amides is 1. The summed E-state index contributed by atoms with van der Waals surface area (Å²) in [5.41, 5.74) is 1.49. The highest BCUT2D eigenvalue weighted by Crippen LogP contribution is 2.17. The molecular weight excluding hydrogens is 290 g/mol. The second-order valence-electron chi connectivity index (χ2n) is 5.45. The summed E-state index contributed by atoms with van der Waals surface area (Å²) >= 11 is 0. The minimum absolute atomic E-state index is 0.0238. The highest BCUT2D eigenvalue weighted by atomic mass is 16.5. The Morgan fingerprint density at radius 1 is 1.04 bits per heavy atom. The molecule has 2 aromatic rings. The summed E-state index contributed by atoms with van der Waals surface area (Å²) in [7, 11) is 1.58. The second-order valence-corrected chi connectivity index (χ2v) is 5.45. The van der Waals surface area contributed by atoms with E-state index >= 15 is 0 Å². The average Bonchev–Trinajstić information content (AvgIpc) is 2.55. The van der Waals surface area contributed by atoms with Crippen LogP contribution < -0.4 is 10.1 Å². The lowest BCUT2D eigenvalue weighted by molar-refractivity contribution is -0.121. The Balaban J connectivity index is 1.88. The zero-order valence-electron chi connectivity index (χ0n) is 13.4. The molecule has 0 spiro atoms. The van der Waals surface area contributed by atoms with E-state index in [2.05, 4.69) is 5.32 Å². The van der Waals surface area contributed by atoms with Gasteiger partial charge in [0.25, 0.3) is 0 Å². The number of benzene rings is 2. The van der Waals surface area contributed by atoms with Gasteiger partial charge in [0.15, 0.2) is 5.78 Å². The standard InChI is InChI=1S/C19H21NO3/c1-14(12-17(21)15-8-4-3-5-9-15)20-19(22)13-16-10-6-7-11-18(16)23-2/h3-11,14H,12-13H2,1-2H3,(H,20,22). The molecule has 120 valence electrons. The molecule has 23 heavy (non-hydrogen) atoms. The third-order valence-corrected chi connectivity index (χ3v) is 3.54. The first kappa shape index (κ1) is 16.7. The van der Waals surface area contributed by atoms with Crippen LogP contribution in [0.4, 0.5) is 0 Å². The number of hydrogen-bond donors (Lipinski definition) is 1. The van der Waals surface area contributed by atoms with Gasteiger partial charge in [-0.05, 0) is 13.0 Å². The number of ketones is 1. The van der Waals surface area contributed by atoms with Gasteiger partial charge in [0.2, 0.25) is 5.91 Å². The number of carbonyl (C=O) groups excluding carboxylic acids is 2. The summed E-state index contributed by atoms with van der Waals surface area (Å²) in [6.45, 7) is 1.83. The fourth-order valence-corrected chi connectivity index (χ4v) is 2.42. The maximum Gasteiger partial charge on any atom is 0.224 e. The number of Topliss-reactive ketones (excluding diaryl/α,β-unsaturated/α-hetero) is 1. The molecule has 0 bridgehead atoms. The van der Waals surface area contributed by atoms with Crippen molar-refractivity contribution in [3.8, 4) is 5.75 Å². The second kappa shape index (κ2) is 8.13. The van der Waals surface area contributed by atoms with Gasteiger partial charge >= 0.3 is 0 Å². The maximum absolute atomic E-state index is 12.1. The lowest BCUT2D eigenvalue weighted by atomic mass is 10.0.